The average molecular weight is 261 g/mol. The SMILES string of the molecule is O=C(O)N1CCC(=Cc2ccc(CCO)cc2)CC1. The van der Waals surface area contributed by atoms with Crippen LogP contribution in [0.25, 0.3) is 6.08 Å². The second kappa shape index (κ2) is 6.38. The molecular weight excluding hydrogens is 242 g/mol. The van der Waals surface area contributed by atoms with Crippen LogP contribution in [0.15, 0.2) is 29.8 Å². The van der Waals surface area contributed by atoms with Gasteiger partial charge in [-0.05, 0) is 30.4 Å². The summed E-state index contributed by atoms with van der Waals surface area (Å²) in [6.07, 6.45) is 3.62. The molecule has 1 aliphatic heterocycles. The number of hydrogen-bond acceptors (Lipinski definition) is 2. The number of piperidine rings is 1. The number of rotatable bonds is 3. The Kier molecular flexibility index (Phi) is 4.58. The van der Waals surface area contributed by atoms with Gasteiger partial charge in [-0.25, -0.2) is 4.79 Å². The highest BCUT2D eigenvalue weighted by atomic mass is 16.4. The van der Waals surface area contributed by atoms with Crippen LogP contribution in [0.1, 0.15) is 24.0 Å². The van der Waals surface area contributed by atoms with Gasteiger partial charge in [0.1, 0.15) is 0 Å². The zero-order valence-corrected chi connectivity index (χ0v) is 10.9. The first-order valence-electron chi connectivity index (χ1n) is 6.56. The number of aliphatic hydroxyl groups is 1. The summed E-state index contributed by atoms with van der Waals surface area (Å²) in [7, 11) is 0. The van der Waals surface area contributed by atoms with Gasteiger partial charge in [0.15, 0.2) is 0 Å². The first-order chi connectivity index (χ1) is 9.19. The summed E-state index contributed by atoms with van der Waals surface area (Å²) in [5, 5.41) is 17.7. The minimum atomic E-state index is -0.826. The maximum atomic E-state index is 10.8. The highest BCUT2D eigenvalue weighted by Crippen LogP contribution is 2.19. The Labute approximate surface area is 113 Å². The molecule has 102 valence electrons. The molecule has 0 unspecified atom stereocenters. The van der Waals surface area contributed by atoms with E-state index in [-0.39, 0.29) is 6.61 Å². The van der Waals surface area contributed by atoms with Gasteiger partial charge in [-0.1, -0.05) is 35.9 Å². The van der Waals surface area contributed by atoms with Crippen LogP contribution in [-0.4, -0.2) is 40.9 Å². The number of nitrogens with zero attached hydrogens (tertiary/aromatic N) is 1. The molecule has 1 aromatic carbocycles. The molecule has 2 rings (SSSR count). The largest absolute Gasteiger partial charge is 0.465 e. The second-order valence-corrected chi connectivity index (χ2v) is 4.79. The summed E-state index contributed by atoms with van der Waals surface area (Å²) < 4.78 is 0. The molecule has 19 heavy (non-hydrogen) atoms. The minimum absolute atomic E-state index is 0.172. The molecule has 1 fully saturated rings. The van der Waals surface area contributed by atoms with Gasteiger partial charge in [-0.2, -0.15) is 0 Å². The van der Waals surface area contributed by atoms with Crippen molar-refractivity contribution in [1.29, 1.82) is 0 Å². The topological polar surface area (TPSA) is 60.8 Å². The van der Waals surface area contributed by atoms with Crippen LogP contribution in [0.5, 0.6) is 0 Å². The van der Waals surface area contributed by atoms with Crippen LogP contribution in [0.4, 0.5) is 4.79 Å². The zero-order chi connectivity index (χ0) is 13.7. The van der Waals surface area contributed by atoms with Crippen LogP contribution >= 0.6 is 0 Å². The predicted octanol–water partition coefficient (Wildman–Crippen LogP) is 2.38. The number of aliphatic hydroxyl groups excluding tert-OH is 1. The lowest BCUT2D eigenvalue weighted by Crippen LogP contribution is -2.35. The molecule has 0 atom stereocenters. The smallest absolute Gasteiger partial charge is 0.407 e. The Morgan fingerprint density at radius 2 is 1.84 bits per heavy atom. The van der Waals surface area contributed by atoms with Crippen LogP contribution in [0, 0.1) is 0 Å². The Hall–Kier alpha value is -1.81. The van der Waals surface area contributed by atoms with E-state index in [9.17, 15) is 4.79 Å². The highest BCUT2D eigenvalue weighted by Gasteiger charge is 2.17. The van der Waals surface area contributed by atoms with Crippen molar-refractivity contribution in [3.8, 4) is 0 Å². The molecule has 0 aromatic heterocycles. The average Bonchev–Trinajstić information content (AvgIpc) is 2.42. The Morgan fingerprint density at radius 3 is 2.37 bits per heavy atom. The van der Waals surface area contributed by atoms with Gasteiger partial charge in [0.2, 0.25) is 0 Å². The molecule has 1 heterocycles. The second-order valence-electron chi connectivity index (χ2n) is 4.79. The third-order valence-electron chi connectivity index (χ3n) is 3.43. The number of likely N-dealkylation sites (tertiary alicyclic amines) is 1. The first kappa shape index (κ1) is 13.6. The van der Waals surface area contributed by atoms with E-state index >= 15 is 0 Å². The van der Waals surface area contributed by atoms with Crippen molar-refractivity contribution in [3.05, 3.63) is 41.0 Å². The molecule has 0 spiro atoms. The van der Waals surface area contributed by atoms with E-state index in [1.165, 1.54) is 10.5 Å². The fraction of sp³-hybridized carbons (Fsp3) is 0.400. The van der Waals surface area contributed by atoms with Gasteiger partial charge in [-0.15, -0.1) is 0 Å². The number of hydrogen-bond donors (Lipinski definition) is 2. The van der Waals surface area contributed by atoms with Gasteiger partial charge < -0.3 is 15.1 Å². The van der Waals surface area contributed by atoms with E-state index in [1.54, 1.807) is 0 Å². The summed E-state index contributed by atoms with van der Waals surface area (Å²) in [6, 6.07) is 8.13. The van der Waals surface area contributed by atoms with Crippen LogP contribution in [0.2, 0.25) is 0 Å². The van der Waals surface area contributed by atoms with Gasteiger partial charge in [-0.3, -0.25) is 0 Å². The summed E-state index contributed by atoms with van der Waals surface area (Å²) in [6.45, 7) is 1.35. The predicted molar refractivity (Wildman–Crippen MR) is 74.0 cm³/mol. The molecule has 4 heteroatoms. The van der Waals surface area contributed by atoms with E-state index in [2.05, 4.69) is 6.08 Å². The monoisotopic (exact) mass is 261 g/mol. The molecule has 1 aliphatic rings. The molecule has 1 amide bonds. The van der Waals surface area contributed by atoms with Crippen molar-refractivity contribution in [1.82, 2.24) is 4.90 Å². The van der Waals surface area contributed by atoms with Crippen molar-refractivity contribution in [2.45, 2.75) is 19.3 Å². The van der Waals surface area contributed by atoms with Crippen molar-refractivity contribution < 1.29 is 15.0 Å². The third kappa shape index (κ3) is 3.83. The quantitative estimate of drug-likeness (QED) is 0.878. The molecule has 0 aliphatic carbocycles. The molecule has 1 aromatic rings. The molecule has 0 saturated carbocycles. The number of benzene rings is 1. The van der Waals surface area contributed by atoms with Gasteiger partial charge in [0, 0.05) is 19.7 Å². The Bertz CT molecular complexity index is 455. The molecular formula is C15H19NO3. The van der Waals surface area contributed by atoms with E-state index in [0.29, 0.717) is 19.5 Å². The van der Waals surface area contributed by atoms with Gasteiger partial charge >= 0.3 is 6.09 Å². The maximum absolute atomic E-state index is 10.8. The highest BCUT2D eigenvalue weighted by molar-refractivity contribution is 5.65. The van der Waals surface area contributed by atoms with Crippen LogP contribution in [-0.2, 0) is 6.42 Å². The van der Waals surface area contributed by atoms with Crippen molar-refractivity contribution in [2.75, 3.05) is 19.7 Å². The molecule has 4 nitrogen and oxygen atoms in total. The molecule has 0 radical (unpaired) electrons. The Balaban J connectivity index is 1.96. The molecule has 0 bridgehead atoms. The lowest BCUT2D eigenvalue weighted by molar-refractivity contribution is 0.142. The van der Waals surface area contributed by atoms with Gasteiger partial charge in [0.05, 0.1) is 0 Å². The minimum Gasteiger partial charge on any atom is -0.465 e. The fourth-order valence-electron chi connectivity index (χ4n) is 2.27. The van der Waals surface area contributed by atoms with Crippen LogP contribution < -0.4 is 0 Å². The number of amides is 1. The van der Waals surface area contributed by atoms with Gasteiger partial charge in [0.25, 0.3) is 0 Å². The van der Waals surface area contributed by atoms with Crippen molar-refractivity contribution in [3.63, 3.8) is 0 Å². The number of carboxylic acid groups (broad SMARTS) is 1. The maximum Gasteiger partial charge on any atom is 0.407 e. The van der Waals surface area contributed by atoms with E-state index in [4.69, 9.17) is 10.2 Å². The molecule has 1 saturated heterocycles. The van der Waals surface area contributed by atoms with E-state index in [1.807, 2.05) is 24.3 Å². The third-order valence-corrected chi connectivity index (χ3v) is 3.43. The van der Waals surface area contributed by atoms with E-state index in [0.717, 1.165) is 24.0 Å². The fourth-order valence-corrected chi connectivity index (χ4v) is 2.27. The summed E-state index contributed by atoms with van der Waals surface area (Å²) >= 11 is 0. The summed E-state index contributed by atoms with van der Waals surface area (Å²) in [5.41, 5.74) is 3.57. The number of carbonyl (C=O) groups is 1. The van der Waals surface area contributed by atoms with Crippen molar-refractivity contribution in [2.24, 2.45) is 0 Å². The standard InChI is InChI=1S/C15H19NO3/c17-10-7-12-1-3-13(4-2-12)11-14-5-8-16(9-6-14)15(18)19/h1-4,11,17H,5-10H2,(H,18,19). The van der Waals surface area contributed by atoms with E-state index < -0.39 is 6.09 Å². The summed E-state index contributed by atoms with van der Waals surface area (Å²) in [5.74, 6) is 0. The molecule has 2 N–H and O–H groups in total. The normalized spacial score (nSPS) is 15.4. The first-order valence-corrected chi connectivity index (χ1v) is 6.56. The van der Waals surface area contributed by atoms with Crippen LogP contribution in [0.3, 0.4) is 0 Å². The Morgan fingerprint density at radius 1 is 1.21 bits per heavy atom. The lowest BCUT2D eigenvalue weighted by atomic mass is 10.0. The van der Waals surface area contributed by atoms with Crippen molar-refractivity contribution >= 4 is 12.2 Å². The zero-order valence-electron chi connectivity index (χ0n) is 10.9. The summed E-state index contributed by atoms with van der Waals surface area (Å²) in [4.78, 5) is 12.3. The lowest BCUT2D eigenvalue weighted by Gasteiger charge is -2.25.